The number of piperazine rings is 1. The van der Waals surface area contributed by atoms with E-state index >= 15 is 0 Å². The van der Waals surface area contributed by atoms with E-state index in [9.17, 15) is 0 Å². The van der Waals surface area contributed by atoms with Crippen molar-refractivity contribution in [1.29, 1.82) is 0 Å². The minimum Gasteiger partial charge on any atom is -0.373 e. The van der Waals surface area contributed by atoms with Gasteiger partial charge in [-0.1, -0.05) is 0 Å². The first-order valence-electron chi connectivity index (χ1n) is 5.36. The molecule has 2 heterocycles. The number of aromatic nitrogens is 2. The maximum atomic E-state index is 4.49. The van der Waals surface area contributed by atoms with Crippen molar-refractivity contribution >= 4 is 11.6 Å². The zero-order valence-electron chi connectivity index (χ0n) is 9.69. The number of likely N-dealkylation sites (N-methyl/N-ethyl adjacent to an activating group) is 1. The van der Waals surface area contributed by atoms with Gasteiger partial charge in [0.05, 0.1) is 0 Å². The molecule has 0 bridgehead atoms. The van der Waals surface area contributed by atoms with Crippen LogP contribution in [0.1, 0.15) is 0 Å². The van der Waals surface area contributed by atoms with Crippen LogP contribution in [0.4, 0.5) is 11.6 Å². The summed E-state index contributed by atoms with van der Waals surface area (Å²) < 4.78 is 1.88. The Hall–Kier alpha value is -1.23. The second-order valence-electron chi connectivity index (χ2n) is 4.05. The second-order valence-corrected chi connectivity index (χ2v) is 4.05. The van der Waals surface area contributed by atoms with Gasteiger partial charge in [-0.3, -0.25) is 4.68 Å². The molecule has 0 spiro atoms. The monoisotopic (exact) mass is 209 g/mol. The number of nitrogens with one attached hydrogen (secondary N) is 1. The molecule has 1 saturated heterocycles. The van der Waals surface area contributed by atoms with Gasteiger partial charge in [0, 0.05) is 46.3 Å². The molecule has 15 heavy (non-hydrogen) atoms. The second kappa shape index (κ2) is 4.10. The molecule has 1 aliphatic heterocycles. The predicted molar refractivity (Wildman–Crippen MR) is 62.5 cm³/mol. The molecule has 0 atom stereocenters. The van der Waals surface area contributed by atoms with E-state index in [1.165, 1.54) is 0 Å². The van der Waals surface area contributed by atoms with Crippen molar-refractivity contribution in [2.24, 2.45) is 7.05 Å². The molecule has 0 saturated carbocycles. The fourth-order valence-electron chi connectivity index (χ4n) is 1.88. The average Bonchev–Trinajstić information content (AvgIpc) is 2.61. The van der Waals surface area contributed by atoms with Crippen LogP contribution >= 0.6 is 0 Å². The van der Waals surface area contributed by atoms with Gasteiger partial charge in [-0.2, -0.15) is 5.10 Å². The van der Waals surface area contributed by atoms with Gasteiger partial charge in [0.2, 0.25) is 0 Å². The molecule has 5 heteroatoms. The first kappa shape index (κ1) is 10.3. The standard InChI is InChI=1S/C10H19N5/c1-11-9-8-10(12-14(9)3)15-6-4-13(2)5-7-15/h8,11H,4-7H2,1-3H3. The lowest BCUT2D eigenvalue weighted by atomic mass is 10.3. The van der Waals surface area contributed by atoms with E-state index < -0.39 is 0 Å². The Morgan fingerprint density at radius 1 is 1.20 bits per heavy atom. The van der Waals surface area contributed by atoms with Crippen molar-refractivity contribution < 1.29 is 0 Å². The number of hydrogen-bond acceptors (Lipinski definition) is 4. The van der Waals surface area contributed by atoms with Crippen LogP contribution in [-0.4, -0.2) is 55.0 Å². The highest BCUT2D eigenvalue weighted by Crippen LogP contribution is 2.18. The van der Waals surface area contributed by atoms with Crippen LogP contribution in [0, 0.1) is 0 Å². The van der Waals surface area contributed by atoms with Crippen LogP contribution in [0.2, 0.25) is 0 Å². The molecule has 1 aromatic rings. The Balaban J connectivity index is 2.09. The van der Waals surface area contributed by atoms with Crippen molar-refractivity contribution in [2.45, 2.75) is 0 Å². The van der Waals surface area contributed by atoms with Gasteiger partial charge in [0.25, 0.3) is 0 Å². The Morgan fingerprint density at radius 3 is 2.40 bits per heavy atom. The Labute approximate surface area is 90.7 Å². The first-order valence-corrected chi connectivity index (χ1v) is 5.36. The van der Waals surface area contributed by atoms with Gasteiger partial charge in [-0.05, 0) is 7.05 Å². The molecule has 1 N–H and O–H groups in total. The molecule has 1 aromatic heterocycles. The van der Waals surface area contributed by atoms with Gasteiger partial charge in [-0.25, -0.2) is 0 Å². The maximum absolute atomic E-state index is 4.49. The van der Waals surface area contributed by atoms with Crippen LogP contribution in [0.25, 0.3) is 0 Å². The van der Waals surface area contributed by atoms with Gasteiger partial charge in [0.15, 0.2) is 5.82 Å². The molecular formula is C10H19N5. The molecule has 0 unspecified atom stereocenters. The van der Waals surface area contributed by atoms with Crippen molar-refractivity contribution in [3.63, 3.8) is 0 Å². The molecule has 5 nitrogen and oxygen atoms in total. The van der Waals surface area contributed by atoms with E-state index in [0.29, 0.717) is 0 Å². The summed E-state index contributed by atoms with van der Waals surface area (Å²) >= 11 is 0. The summed E-state index contributed by atoms with van der Waals surface area (Å²) in [6.07, 6.45) is 0. The number of rotatable bonds is 2. The first-order chi connectivity index (χ1) is 7.20. The summed E-state index contributed by atoms with van der Waals surface area (Å²) in [4.78, 5) is 4.68. The summed E-state index contributed by atoms with van der Waals surface area (Å²) in [7, 11) is 6.05. The van der Waals surface area contributed by atoms with Crippen LogP contribution < -0.4 is 10.2 Å². The molecule has 0 aromatic carbocycles. The van der Waals surface area contributed by atoms with Crippen LogP contribution in [0.15, 0.2) is 6.07 Å². The smallest absolute Gasteiger partial charge is 0.152 e. The lowest BCUT2D eigenvalue weighted by Crippen LogP contribution is -2.44. The van der Waals surface area contributed by atoms with Crippen molar-refractivity contribution in [3.8, 4) is 0 Å². The maximum Gasteiger partial charge on any atom is 0.152 e. The molecular weight excluding hydrogens is 190 g/mol. The summed E-state index contributed by atoms with van der Waals surface area (Å²) in [5.74, 6) is 2.14. The van der Waals surface area contributed by atoms with Gasteiger partial charge < -0.3 is 15.1 Å². The van der Waals surface area contributed by atoms with Crippen LogP contribution in [0.3, 0.4) is 0 Å². The molecule has 0 radical (unpaired) electrons. The predicted octanol–water partition coefficient (Wildman–Crippen LogP) is 0.214. The van der Waals surface area contributed by atoms with Gasteiger partial charge in [0.1, 0.15) is 5.82 Å². The minimum absolute atomic E-state index is 1.06. The number of aryl methyl sites for hydroxylation is 1. The molecule has 2 rings (SSSR count). The quantitative estimate of drug-likeness (QED) is 0.755. The molecule has 1 aliphatic rings. The molecule has 0 amide bonds. The summed E-state index contributed by atoms with van der Waals surface area (Å²) in [6, 6.07) is 2.10. The average molecular weight is 209 g/mol. The minimum atomic E-state index is 1.06. The third-order valence-electron chi connectivity index (χ3n) is 2.95. The zero-order valence-corrected chi connectivity index (χ0v) is 9.69. The fraction of sp³-hybridized carbons (Fsp3) is 0.700. The summed E-state index contributed by atoms with van der Waals surface area (Å²) in [5.41, 5.74) is 0. The van der Waals surface area contributed by atoms with E-state index in [1.54, 1.807) is 0 Å². The normalized spacial score (nSPS) is 18.2. The van der Waals surface area contributed by atoms with Crippen LogP contribution in [0.5, 0.6) is 0 Å². The van der Waals surface area contributed by atoms with E-state index in [4.69, 9.17) is 0 Å². The molecule has 0 aliphatic carbocycles. The molecule has 1 fully saturated rings. The summed E-state index contributed by atoms with van der Waals surface area (Å²) in [5, 5.41) is 7.62. The number of hydrogen-bond donors (Lipinski definition) is 1. The van der Waals surface area contributed by atoms with E-state index in [1.807, 2.05) is 18.8 Å². The SMILES string of the molecule is CNc1cc(N2CCN(C)CC2)nn1C. The van der Waals surface area contributed by atoms with E-state index in [-0.39, 0.29) is 0 Å². The third-order valence-corrected chi connectivity index (χ3v) is 2.95. The van der Waals surface area contributed by atoms with E-state index in [2.05, 4.69) is 33.3 Å². The summed E-state index contributed by atoms with van der Waals surface area (Å²) in [6.45, 7) is 4.37. The number of anilines is 2. The Kier molecular flexibility index (Phi) is 2.81. The van der Waals surface area contributed by atoms with Crippen molar-refractivity contribution in [3.05, 3.63) is 6.07 Å². The lowest BCUT2D eigenvalue weighted by molar-refractivity contribution is 0.312. The van der Waals surface area contributed by atoms with Crippen molar-refractivity contribution in [2.75, 3.05) is 50.5 Å². The van der Waals surface area contributed by atoms with Gasteiger partial charge in [-0.15, -0.1) is 0 Å². The van der Waals surface area contributed by atoms with E-state index in [0.717, 1.165) is 37.8 Å². The highest BCUT2D eigenvalue weighted by molar-refractivity contribution is 5.50. The van der Waals surface area contributed by atoms with Crippen LogP contribution in [-0.2, 0) is 7.05 Å². The Morgan fingerprint density at radius 2 is 1.87 bits per heavy atom. The Bertz CT molecular complexity index is 325. The van der Waals surface area contributed by atoms with Gasteiger partial charge >= 0.3 is 0 Å². The molecule has 84 valence electrons. The van der Waals surface area contributed by atoms with Crippen molar-refractivity contribution in [1.82, 2.24) is 14.7 Å². The lowest BCUT2D eigenvalue weighted by Gasteiger charge is -2.32. The zero-order chi connectivity index (χ0) is 10.8. The highest BCUT2D eigenvalue weighted by Gasteiger charge is 2.17. The third kappa shape index (κ3) is 2.07. The topological polar surface area (TPSA) is 36.3 Å². The highest BCUT2D eigenvalue weighted by atomic mass is 15.4. The largest absolute Gasteiger partial charge is 0.373 e. The number of nitrogens with zero attached hydrogens (tertiary/aromatic N) is 4. The fourth-order valence-corrected chi connectivity index (χ4v) is 1.88.